The highest BCUT2D eigenvalue weighted by atomic mass is 16.4. The number of para-hydroxylation sites is 2. The summed E-state index contributed by atoms with van der Waals surface area (Å²) < 4.78 is 6.49. The molecule has 0 bridgehead atoms. The quantitative estimate of drug-likeness (QED) is 0.686. The van der Waals surface area contributed by atoms with Crippen LogP contribution in [0, 0.1) is 6.92 Å². The van der Waals surface area contributed by atoms with Crippen LogP contribution in [0.5, 0.6) is 0 Å². The average molecular weight is 267 g/mol. The fraction of sp³-hybridized carbons (Fsp3) is 0.125. The number of carbonyl (C=O) groups is 1. The maximum Gasteiger partial charge on any atom is 0.420 e. The van der Waals surface area contributed by atoms with Crippen molar-refractivity contribution >= 4 is 16.9 Å². The van der Waals surface area contributed by atoms with Gasteiger partial charge in [0.05, 0.1) is 12.1 Å². The predicted octanol–water partition coefficient (Wildman–Crippen LogP) is 2.79. The van der Waals surface area contributed by atoms with Gasteiger partial charge in [0, 0.05) is 5.56 Å². The molecule has 0 amide bonds. The molecule has 3 rings (SSSR count). The Labute approximate surface area is 115 Å². The van der Waals surface area contributed by atoms with E-state index < -0.39 is 5.76 Å². The molecule has 0 saturated carbocycles. The minimum Gasteiger partial charge on any atom is -0.408 e. The lowest BCUT2D eigenvalue weighted by atomic mass is 10.1. The molecule has 1 heterocycles. The second-order valence-electron chi connectivity index (χ2n) is 4.66. The first-order chi connectivity index (χ1) is 9.66. The summed E-state index contributed by atoms with van der Waals surface area (Å²) in [5.74, 6) is -0.607. The van der Waals surface area contributed by atoms with Crippen molar-refractivity contribution in [3.8, 4) is 0 Å². The monoisotopic (exact) mass is 267 g/mol. The molecule has 1 aromatic heterocycles. The fourth-order valence-corrected chi connectivity index (χ4v) is 2.28. The van der Waals surface area contributed by atoms with E-state index in [1.165, 1.54) is 4.57 Å². The summed E-state index contributed by atoms with van der Waals surface area (Å²) in [7, 11) is 0. The van der Waals surface area contributed by atoms with Crippen LogP contribution in [-0.2, 0) is 6.54 Å². The standard InChI is InChI=1S/C16H13NO3/c1-11-6-2-3-7-12(11)14(18)10-17-13-8-4-5-9-15(13)20-16(17)19/h2-9H,10H2,1H3. The van der Waals surface area contributed by atoms with Gasteiger partial charge < -0.3 is 4.42 Å². The highest BCUT2D eigenvalue weighted by Crippen LogP contribution is 2.14. The zero-order chi connectivity index (χ0) is 14.1. The van der Waals surface area contributed by atoms with Crippen molar-refractivity contribution in [2.24, 2.45) is 0 Å². The number of Topliss-reactive ketones (excluding diaryl/α,β-unsaturated/α-hetero) is 1. The van der Waals surface area contributed by atoms with Crippen molar-refractivity contribution in [1.82, 2.24) is 4.57 Å². The molecule has 0 aliphatic rings. The van der Waals surface area contributed by atoms with Crippen LogP contribution >= 0.6 is 0 Å². The number of hydrogen-bond donors (Lipinski definition) is 0. The molecule has 4 nitrogen and oxygen atoms in total. The maximum atomic E-state index is 12.3. The SMILES string of the molecule is Cc1ccccc1C(=O)Cn1c(=O)oc2ccccc21. The van der Waals surface area contributed by atoms with E-state index >= 15 is 0 Å². The predicted molar refractivity (Wildman–Crippen MR) is 76.0 cm³/mol. The Bertz CT molecular complexity index is 842. The van der Waals surface area contributed by atoms with Gasteiger partial charge in [0.2, 0.25) is 0 Å². The van der Waals surface area contributed by atoms with E-state index in [9.17, 15) is 9.59 Å². The number of aromatic nitrogens is 1. The second-order valence-corrected chi connectivity index (χ2v) is 4.66. The number of aryl methyl sites for hydroxylation is 1. The molecule has 0 fully saturated rings. The van der Waals surface area contributed by atoms with Crippen LogP contribution < -0.4 is 5.76 Å². The Morgan fingerprint density at radius 1 is 1.10 bits per heavy atom. The summed E-state index contributed by atoms with van der Waals surface area (Å²) in [6.07, 6.45) is 0. The van der Waals surface area contributed by atoms with Crippen molar-refractivity contribution < 1.29 is 9.21 Å². The van der Waals surface area contributed by atoms with Gasteiger partial charge in [-0.3, -0.25) is 9.36 Å². The lowest BCUT2D eigenvalue weighted by Gasteiger charge is -2.05. The van der Waals surface area contributed by atoms with Gasteiger partial charge in [0.25, 0.3) is 0 Å². The molecule has 0 spiro atoms. The van der Waals surface area contributed by atoms with Gasteiger partial charge in [-0.05, 0) is 24.6 Å². The molecule has 0 unspecified atom stereocenters. The lowest BCUT2D eigenvalue weighted by molar-refractivity contribution is 0.0970. The number of benzene rings is 2. The average Bonchev–Trinajstić information content (AvgIpc) is 2.76. The van der Waals surface area contributed by atoms with E-state index in [1.54, 1.807) is 24.3 Å². The number of ketones is 1. The Hall–Kier alpha value is -2.62. The highest BCUT2D eigenvalue weighted by Gasteiger charge is 2.14. The fourth-order valence-electron chi connectivity index (χ4n) is 2.28. The third-order valence-corrected chi connectivity index (χ3v) is 3.32. The number of rotatable bonds is 3. The Balaban J connectivity index is 2.02. The van der Waals surface area contributed by atoms with Gasteiger partial charge in [-0.25, -0.2) is 4.79 Å². The summed E-state index contributed by atoms with van der Waals surface area (Å²) in [5.41, 5.74) is 2.66. The van der Waals surface area contributed by atoms with E-state index in [0.29, 0.717) is 16.7 Å². The van der Waals surface area contributed by atoms with E-state index in [-0.39, 0.29) is 12.3 Å². The van der Waals surface area contributed by atoms with Crippen LogP contribution in [-0.4, -0.2) is 10.4 Å². The molecular weight excluding hydrogens is 254 g/mol. The largest absolute Gasteiger partial charge is 0.420 e. The zero-order valence-corrected chi connectivity index (χ0v) is 11.0. The Kier molecular flexibility index (Phi) is 2.99. The number of carbonyl (C=O) groups excluding carboxylic acids is 1. The first kappa shape index (κ1) is 12.4. The van der Waals surface area contributed by atoms with Gasteiger partial charge in [0.15, 0.2) is 11.4 Å². The van der Waals surface area contributed by atoms with E-state index in [1.807, 2.05) is 31.2 Å². The first-order valence-electron chi connectivity index (χ1n) is 6.34. The topological polar surface area (TPSA) is 52.2 Å². The third-order valence-electron chi connectivity index (χ3n) is 3.32. The van der Waals surface area contributed by atoms with Crippen molar-refractivity contribution in [3.05, 3.63) is 70.2 Å². The summed E-state index contributed by atoms with van der Waals surface area (Å²) in [4.78, 5) is 24.2. The summed E-state index contributed by atoms with van der Waals surface area (Å²) in [6, 6.07) is 14.4. The third kappa shape index (κ3) is 2.05. The summed E-state index contributed by atoms with van der Waals surface area (Å²) >= 11 is 0. The zero-order valence-electron chi connectivity index (χ0n) is 11.0. The number of fused-ring (bicyclic) bond motifs is 1. The molecule has 0 saturated heterocycles. The smallest absolute Gasteiger partial charge is 0.408 e. The van der Waals surface area contributed by atoms with Crippen molar-refractivity contribution in [1.29, 1.82) is 0 Å². The molecule has 2 aromatic carbocycles. The van der Waals surface area contributed by atoms with Crippen molar-refractivity contribution in [2.75, 3.05) is 0 Å². The number of oxazole rings is 1. The minimum atomic E-state index is -0.506. The molecule has 4 heteroatoms. The maximum absolute atomic E-state index is 12.3. The second kappa shape index (κ2) is 4.81. The summed E-state index contributed by atoms with van der Waals surface area (Å²) in [6.45, 7) is 1.87. The van der Waals surface area contributed by atoms with Crippen LogP contribution in [0.1, 0.15) is 15.9 Å². The van der Waals surface area contributed by atoms with Gasteiger partial charge >= 0.3 is 5.76 Å². The first-order valence-corrected chi connectivity index (χ1v) is 6.34. The van der Waals surface area contributed by atoms with E-state index in [2.05, 4.69) is 0 Å². The molecule has 0 aliphatic heterocycles. The van der Waals surface area contributed by atoms with Gasteiger partial charge in [-0.2, -0.15) is 0 Å². The van der Waals surface area contributed by atoms with Crippen LogP contribution in [0.2, 0.25) is 0 Å². The van der Waals surface area contributed by atoms with Crippen LogP contribution in [0.25, 0.3) is 11.1 Å². The number of nitrogens with zero attached hydrogens (tertiary/aromatic N) is 1. The Morgan fingerprint density at radius 3 is 2.60 bits per heavy atom. The van der Waals surface area contributed by atoms with Gasteiger partial charge in [0.1, 0.15) is 0 Å². The molecule has 20 heavy (non-hydrogen) atoms. The molecular formula is C16H13NO3. The lowest BCUT2D eigenvalue weighted by Crippen LogP contribution is -2.20. The molecule has 3 aromatic rings. The van der Waals surface area contributed by atoms with Gasteiger partial charge in [-0.15, -0.1) is 0 Å². The van der Waals surface area contributed by atoms with Crippen LogP contribution in [0.3, 0.4) is 0 Å². The molecule has 0 radical (unpaired) electrons. The van der Waals surface area contributed by atoms with Gasteiger partial charge in [-0.1, -0.05) is 36.4 Å². The van der Waals surface area contributed by atoms with Crippen LogP contribution in [0.4, 0.5) is 0 Å². The molecule has 100 valence electrons. The number of hydrogen-bond acceptors (Lipinski definition) is 3. The van der Waals surface area contributed by atoms with Crippen molar-refractivity contribution in [3.63, 3.8) is 0 Å². The molecule has 0 atom stereocenters. The minimum absolute atomic E-state index is 0.0132. The normalized spacial score (nSPS) is 10.8. The summed E-state index contributed by atoms with van der Waals surface area (Å²) in [5, 5.41) is 0. The molecule has 0 N–H and O–H groups in total. The Morgan fingerprint density at radius 2 is 1.80 bits per heavy atom. The van der Waals surface area contributed by atoms with Crippen molar-refractivity contribution in [2.45, 2.75) is 13.5 Å². The van der Waals surface area contributed by atoms with Crippen LogP contribution in [0.15, 0.2) is 57.7 Å². The van der Waals surface area contributed by atoms with E-state index in [4.69, 9.17) is 4.42 Å². The highest BCUT2D eigenvalue weighted by molar-refractivity contribution is 5.97. The van der Waals surface area contributed by atoms with E-state index in [0.717, 1.165) is 5.56 Å². The molecule has 0 aliphatic carbocycles.